The molecule has 7 nitrogen and oxygen atoms in total. The second kappa shape index (κ2) is 4.89. The van der Waals surface area contributed by atoms with Crippen molar-refractivity contribution in [3.05, 3.63) is 57.1 Å². The number of hydrogen-bond acceptors (Lipinski definition) is 4. The fourth-order valence-corrected chi connectivity index (χ4v) is 1.60. The molecule has 0 unspecified atom stereocenters. The van der Waals surface area contributed by atoms with Gasteiger partial charge in [0.1, 0.15) is 5.56 Å². The average molecular weight is 260 g/mol. The van der Waals surface area contributed by atoms with Gasteiger partial charge in [-0.1, -0.05) is 0 Å². The third-order valence-corrected chi connectivity index (χ3v) is 2.61. The molecule has 2 heterocycles. The lowest BCUT2D eigenvalue weighted by Crippen LogP contribution is -2.40. The first-order valence-electron chi connectivity index (χ1n) is 5.48. The molecule has 1 amide bonds. The van der Waals surface area contributed by atoms with E-state index in [4.69, 9.17) is 0 Å². The predicted octanol–water partition coefficient (Wildman–Crippen LogP) is -0.269. The van der Waals surface area contributed by atoms with Gasteiger partial charge >= 0.3 is 5.69 Å². The molecular formula is C12H12N4O3. The van der Waals surface area contributed by atoms with Gasteiger partial charge in [0, 0.05) is 26.5 Å². The second-order valence-electron chi connectivity index (χ2n) is 4.00. The third-order valence-electron chi connectivity index (χ3n) is 2.61. The number of rotatable bonds is 2. The van der Waals surface area contributed by atoms with Gasteiger partial charge in [0.15, 0.2) is 0 Å². The summed E-state index contributed by atoms with van der Waals surface area (Å²) in [6.45, 7) is 0. The Bertz CT molecular complexity index is 731. The summed E-state index contributed by atoms with van der Waals surface area (Å²) in [4.78, 5) is 39.2. The van der Waals surface area contributed by atoms with Gasteiger partial charge in [-0.05, 0) is 12.1 Å². The molecule has 0 saturated heterocycles. The summed E-state index contributed by atoms with van der Waals surface area (Å²) in [7, 11) is 2.80. The Kier molecular flexibility index (Phi) is 3.28. The SMILES string of the molecule is Cn1cc(C(=O)Nc2cccnc2)c(=O)n(C)c1=O. The summed E-state index contributed by atoms with van der Waals surface area (Å²) in [6.07, 6.45) is 4.25. The Hall–Kier alpha value is -2.70. The van der Waals surface area contributed by atoms with E-state index < -0.39 is 17.2 Å². The second-order valence-corrected chi connectivity index (χ2v) is 4.00. The lowest BCUT2D eigenvalue weighted by atomic mass is 10.3. The first-order valence-corrected chi connectivity index (χ1v) is 5.48. The molecular weight excluding hydrogens is 248 g/mol. The summed E-state index contributed by atoms with van der Waals surface area (Å²) in [6, 6.07) is 3.31. The van der Waals surface area contributed by atoms with Crippen LogP contribution in [0.2, 0.25) is 0 Å². The molecule has 0 spiro atoms. The van der Waals surface area contributed by atoms with E-state index in [-0.39, 0.29) is 5.56 Å². The number of aryl methyl sites for hydroxylation is 1. The highest BCUT2D eigenvalue weighted by atomic mass is 16.2. The lowest BCUT2D eigenvalue weighted by molar-refractivity contribution is 0.102. The predicted molar refractivity (Wildman–Crippen MR) is 69.1 cm³/mol. The fourth-order valence-electron chi connectivity index (χ4n) is 1.60. The van der Waals surface area contributed by atoms with Crippen LogP contribution in [0.25, 0.3) is 0 Å². The van der Waals surface area contributed by atoms with Crippen molar-refractivity contribution in [2.45, 2.75) is 0 Å². The Balaban J connectivity index is 2.41. The topological polar surface area (TPSA) is 86.0 Å². The Labute approximate surface area is 108 Å². The summed E-state index contributed by atoms with van der Waals surface area (Å²) in [5.74, 6) is -0.579. The van der Waals surface area contributed by atoms with Crippen LogP contribution in [-0.2, 0) is 14.1 Å². The number of amides is 1. The maximum absolute atomic E-state index is 12.0. The maximum atomic E-state index is 12.0. The van der Waals surface area contributed by atoms with E-state index in [1.165, 1.54) is 31.1 Å². The van der Waals surface area contributed by atoms with Gasteiger partial charge in [-0.2, -0.15) is 0 Å². The van der Waals surface area contributed by atoms with Crippen LogP contribution in [-0.4, -0.2) is 20.0 Å². The van der Waals surface area contributed by atoms with Crippen LogP contribution in [0.4, 0.5) is 5.69 Å². The van der Waals surface area contributed by atoms with Gasteiger partial charge in [0.25, 0.3) is 11.5 Å². The summed E-state index contributed by atoms with van der Waals surface area (Å²) in [5, 5.41) is 2.54. The van der Waals surface area contributed by atoms with Gasteiger partial charge in [-0.3, -0.25) is 19.1 Å². The van der Waals surface area contributed by atoms with E-state index >= 15 is 0 Å². The van der Waals surface area contributed by atoms with Crippen LogP contribution in [0.1, 0.15) is 10.4 Å². The smallest absolute Gasteiger partial charge is 0.320 e. The standard InChI is InChI=1S/C12H12N4O3/c1-15-7-9(11(18)16(2)12(15)19)10(17)14-8-4-3-5-13-6-8/h3-7H,1-2H3,(H,14,17). The highest BCUT2D eigenvalue weighted by molar-refractivity contribution is 6.03. The third kappa shape index (κ3) is 2.44. The van der Waals surface area contributed by atoms with Gasteiger partial charge in [0.05, 0.1) is 11.9 Å². The number of carbonyl (C=O) groups excluding carboxylic acids is 1. The minimum absolute atomic E-state index is 0.103. The van der Waals surface area contributed by atoms with Gasteiger partial charge in [-0.15, -0.1) is 0 Å². The minimum Gasteiger partial charge on any atom is -0.320 e. The molecule has 1 N–H and O–H groups in total. The molecule has 0 atom stereocenters. The fraction of sp³-hybridized carbons (Fsp3) is 0.167. The van der Waals surface area contributed by atoms with Crippen LogP contribution < -0.4 is 16.6 Å². The number of hydrogen-bond donors (Lipinski definition) is 1. The van der Waals surface area contributed by atoms with Gasteiger partial charge in [-0.25, -0.2) is 4.79 Å². The molecule has 0 fully saturated rings. The first kappa shape index (κ1) is 12.7. The molecule has 98 valence electrons. The van der Waals surface area contributed by atoms with E-state index in [0.29, 0.717) is 5.69 Å². The van der Waals surface area contributed by atoms with E-state index in [1.54, 1.807) is 18.3 Å². The van der Waals surface area contributed by atoms with Gasteiger partial charge < -0.3 is 9.88 Å². The maximum Gasteiger partial charge on any atom is 0.330 e. The van der Waals surface area contributed by atoms with Crippen molar-refractivity contribution in [3.63, 3.8) is 0 Å². The molecule has 19 heavy (non-hydrogen) atoms. The largest absolute Gasteiger partial charge is 0.330 e. The van der Waals surface area contributed by atoms with Crippen molar-refractivity contribution in [1.82, 2.24) is 14.1 Å². The number of pyridine rings is 1. The molecule has 0 bridgehead atoms. The van der Waals surface area contributed by atoms with Crippen molar-refractivity contribution >= 4 is 11.6 Å². The Morgan fingerprint density at radius 1 is 1.32 bits per heavy atom. The van der Waals surface area contributed by atoms with E-state index in [1.807, 2.05) is 0 Å². The van der Waals surface area contributed by atoms with Crippen LogP contribution in [0.3, 0.4) is 0 Å². The molecule has 0 aliphatic heterocycles. The molecule has 0 radical (unpaired) electrons. The molecule has 0 aromatic carbocycles. The van der Waals surface area contributed by atoms with Crippen molar-refractivity contribution in [3.8, 4) is 0 Å². The van der Waals surface area contributed by atoms with Crippen molar-refractivity contribution in [2.75, 3.05) is 5.32 Å². The Morgan fingerprint density at radius 2 is 2.05 bits per heavy atom. The quantitative estimate of drug-likeness (QED) is 0.805. The molecule has 0 aliphatic carbocycles. The molecule has 2 rings (SSSR count). The van der Waals surface area contributed by atoms with Gasteiger partial charge in [0.2, 0.25) is 0 Å². The average Bonchev–Trinajstić information content (AvgIpc) is 2.41. The normalized spacial score (nSPS) is 10.2. The highest BCUT2D eigenvalue weighted by Crippen LogP contribution is 2.04. The highest BCUT2D eigenvalue weighted by Gasteiger charge is 2.14. The number of nitrogens with zero attached hydrogens (tertiary/aromatic N) is 3. The molecule has 2 aromatic heterocycles. The number of carbonyl (C=O) groups is 1. The number of anilines is 1. The van der Waals surface area contributed by atoms with Crippen molar-refractivity contribution in [1.29, 1.82) is 0 Å². The van der Waals surface area contributed by atoms with Crippen LogP contribution >= 0.6 is 0 Å². The summed E-state index contributed by atoms with van der Waals surface area (Å²) >= 11 is 0. The lowest BCUT2D eigenvalue weighted by Gasteiger charge is -2.07. The zero-order valence-corrected chi connectivity index (χ0v) is 10.5. The molecule has 2 aromatic rings. The molecule has 7 heteroatoms. The van der Waals surface area contributed by atoms with E-state index in [9.17, 15) is 14.4 Å². The zero-order chi connectivity index (χ0) is 14.0. The van der Waals surface area contributed by atoms with E-state index in [0.717, 1.165) is 4.57 Å². The molecule has 0 saturated carbocycles. The van der Waals surface area contributed by atoms with Crippen LogP contribution in [0.5, 0.6) is 0 Å². The minimum atomic E-state index is -0.635. The van der Waals surface area contributed by atoms with Crippen molar-refractivity contribution in [2.24, 2.45) is 14.1 Å². The first-order chi connectivity index (χ1) is 9.00. The number of nitrogens with one attached hydrogen (secondary N) is 1. The number of aromatic nitrogens is 3. The monoisotopic (exact) mass is 260 g/mol. The van der Waals surface area contributed by atoms with Crippen molar-refractivity contribution < 1.29 is 4.79 Å². The summed E-state index contributed by atoms with van der Waals surface area (Å²) < 4.78 is 2.07. The van der Waals surface area contributed by atoms with Crippen LogP contribution in [0.15, 0.2) is 40.3 Å². The van der Waals surface area contributed by atoms with Crippen LogP contribution in [0, 0.1) is 0 Å². The summed E-state index contributed by atoms with van der Waals surface area (Å²) in [5.41, 5.74) is -0.746. The zero-order valence-electron chi connectivity index (χ0n) is 10.5. The Morgan fingerprint density at radius 3 is 2.68 bits per heavy atom. The molecule has 0 aliphatic rings. The van der Waals surface area contributed by atoms with E-state index in [2.05, 4.69) is 10.3 Å².